The van der Waals surface area contributed by atoms with E-state index in [1.807, 2.05) is 0 Å². The Morgan fingerprint density at radius 3 is 0.867 bits per heavy atom. The van der Waals surface area contributed by atoms with Crippen LogP contribution in [0, 0.1) is 0 Å². The van der Waals surface area contributed by atoms with E-state index in [1.165, 1.54) is 12.8 Å². The second-order valence-corrected chi connectivity index (χ2v) is 13.3. The van der Waals surface area contributed by atoms with Gasteiger partial charge in [0, 0.05) is 25.7 Å². The number of hydrogen-bond acceptors (Lipinski definition) is 14. The normalized spacial score (nSPS) is 12.3. The summed E-state index contributed by atoms with van der Waals surface area (Å²) in [7, 11) is 0. The quantitative estimate of drug-likeness (QED) is 0.0326. The Hall–Kier alpha value is -5.46. The molecule has 0 aromatic heterocycles. The molecular formula is C36H66N8O16. The molecule has 0 aromatic carbocycles. The number of unbranched alkanes of at least 4 members (excludes halogenated alkanes) is 5. The van der Waals surface area contributed by atoms with Crippen LogP contribution in [0.3, 0.4) is 0 Å². The molecule has 0 saturated carbocycles. The van der Waals surface area contributed by atoms with E-state index in [2.05, 4.69) is 21.3 Å². The molecule has 346 valence electrons. The summed E-state index contributed by atoms with van der Waals surface area (Å²) < 4.78 is 0. The van der Waals surface area contributed by atoms with Gasteiger partial charge in [0.15, 0.2) is 0 Å². The summed E-state index contributed by atoms with van der Waals surface area (Å²) in [5.41, 5.74) is 21.2. The van der Waals surface area contributed by atoms with E-state index in [9.17, 15) is 47.9 Å². The Balaban J connectivity index is -0.000000915. The van der Waals surface area contributed by atoms with Crippen molar-refractivity contribution in [2.75, 3.05) is 26.2 Å². The standard InChI is InChI=1S/2C15H25N3O8.C6H16N2/c2*16-8-2-1-3-10(15(25)26)18-14(24)9(4-6-12(20)21)17-11(19)5-7-13(22)23;7-5-3-1-2-4-6-8/h2*9-10H,1-8,16H2,(H,17,19)(H,18,24)(H,20,21)(H,22,23)(H,25,26);1-8H2/t2*9-,10-;/m00./s1. The molecule has 0 heterocycles. The number of nitrogens with two attached hydrogens (primary N) is 4. The minimum absolute atomic E-state index is 0.136. The lowest BCUT2D eigenvalue weighted by molar-refractivity contribution is -0.143. The first-order chi connectivity index (χ1) is 28.2. The minimum atomic E-state index is -1.27. The van der Waals surface area contributed by atoms with Crippen LogP contribution in [0.2, 0.25) is 0 Å². The van der Waals surface area contributed by atoms with Gasteiger partial charge in [0.05, 0.1) is 12.8 Å². The third kappa shape index (κ3) is 36.9. The summed E-state index contributed by atoms with van der Waals surface area (Å²) in [4.78, 5) is 113. The molecule has 0 unspecified atom stereocenters. The summed E-state index contributed by atoms with van der Waals surface area (Å²) in [6.45, 7) is 2.40. The van der Waals surface area contributed by atoms with Gasteiger partial charge in [0.2, 0.25) is 23.6 Å². The molecule has 24 nitrogen and oxygen atoms in total. The third-order valence-corrected chi connectivity index (χ3v) is 8.01. The molecule has 4 amide bonds. The molecule has 24 heteroatoms. The fourth-order valence-electron chi connectivity index (χ4n) is 4.73. The van der Waals surface area contributed by atoms with E-state index in [0.717, 1.165) is 25.9 Å². The lowest BCUT2D eigenvalue weighted by Gasteiger charge is -2.21. The van der Waals surface area contributed by atoms with Crippen LogP contribution in [0.4, 0.5) is 0 Å². The molecule has 18 N–H and O–H groups in total. The summed E-state index contributed by atoms with van der Waals surface area (Å²) in [6.07, 6.45) is 4.13. The summed E-state index contributed by atoms with van der Waals surface area (Å²) in [6, 6.07) is -4.94. The Labute approximate surface area is 347 Å². The van der Waals surface area contributed by atoms with E-state index in [0.29, 0.717) is 38.8 Å². The number of carbonyl (C=O) groups is 10. The largest absolute Gasteiger partial charge is 0.481 e. The van der Waals surface area contributed by atoms with Gasteiger partial charge in [0.1, 0.15) is 24.2 Å². The molecule has 0 saturated heterocycles. The molecule has 4 atom stereocenters. The first kappa shape index (κ1) is 58.9. The van der Waals surface area contributed by atoms with Crippen molar-refractivity contribution in [3.63, 3.8) is 0 Å². The van der Waals surface area contributed by atoms with Crippen molar-refractivity contribution in [1.29, 1.82) is 0 Å². The number of aliphatic carboxylic acids is 6. The van der Waals surface area contributed by atoms with Gasteiger partial charge in [-0.3, -0.25) is 38.4 Å². The van der Waals surface area contributed by atoms with Crippen molar-refractivity contribution in [3.05, 3.63) is 0 Å². The van der Waals surface area contributed by atoms with Crippen LogP contribution in [0.25, 0.3) is 0 Å². The maximum absolute atomic E-state index is 12.3. The zero-order valence-electron chi connectivity index (χ0n) is 33.9. The van der Waals surface area contributed by atoms with E-state index in [1.54, 1.807) is 0 Å². The van der Waals surface area contributed by atoms with Crippen LogP contribution in [0.15, 0.2) is 0 Å². The molecule has 0 spiro atoms. The molecular weight excluding hydrogens is 800 g/mol. The monoisotopic (exact) mass is 866 g/mol. The average Bonchev–Trinajstić information content (AvgIpc) is 3.17. The number of amides is 4. The molecule has 0 aliphatic rings. The van der Waals surface area contributed by atoms with Crippen molar-refractivity contribution in [1.82, 2.24) is 21.3 Å². The van der Waals surface area contributed by atoms with Gasteiger partial charge in [-0.25, -0.2) is 9.59 Å². The van der Waals surface area contributed by atoms with Crippen LogP contribution in [-0.4, -0.2) is 140 Å². The fourth-order valence-corrected chi connectivity index (χ4v) is 4.73. The number of rotatable bonds is 33. The highest BCUT2D eigenvalue weighted by Gasteiger charge is 2.28. The predicted molar refractivity (Wildman–Crippen MR) is 213 cm³/mol. The fraction of sp³-hybridized carbons (Fsp3) is 0.722. The lowest BCUT2D eigenvalue weighted by Crippen LogP contribution is -2.51. The second kappa shape index (κ2) is 37.8. The first-order valence-corrected chi connectivity index (χ1v) is 19.6. The van der Waals surface area contributed by atoms with Gasteiger partial charge >= 0.3 is 35.8 Å². The first-order valence-electron chi connectivity index (χ1n) is 19.6. The van der Waals surface area contributed by atoms with Crippen molar-refractivity contribution in [3.8, 4) is 0 Å². The predicted octanol–water partition coefficient (Wildman–Crippen LogP) is -1.74. The topological polar surface area (TPSA) is 444 Å². The van der Waals surface area contributed by atoms with Crippen LogP contribution in [0.1, 0.15) is 116 Å². The number of carbonyl (C=O) groups excluding carboxylic acids is 4. The van der Waals surface area contributed by atoms with E-state index < -0.39 is 109 Å². The van der Waals surface area contributed by atoms with Gasteiger partial charge in [-0.1, -0.05) is 12.8 Å². The van der Waals surface area contributed by atoms with Gasteiger partial charge in [0.25, 0.3) is 0 Å². The third-order valence-electron chi connectivity index (χ3n) is 8.01. The number of nitrogens with one attached hydrogen (secondary N) is 4. The maximum atomic E-state index is 12.3. The maximum Gasteiger partial charge on any atom is 0.326 e. The van der Waals surface area contributed by atoms with Gasteiger partial charge in [-0.15, -0.1) is 0 Å². The lowest BCUT2D eigenvalue weighted by atomic mass is 10.1. The molecule has 60 heavy (non-hydrogen) atoms. The summed E-state index contributed by atoms with van der Waals surface area (Å²) in [5.74, 6) is -10.5. The van der Waals surface area contributed by atoms with Gasteiger partial charge in [-0.2, -0.15) is 0 Å². The SMILES string of the molecule is NCCCCCCN.NCCCC[C@H](NC(=O)[C@H](CCC(=O)O)NC(=O)CCC(=O)O)C(=O)O.NCCCC[C@H](NC(=O)[C@H](CCC(=O)O)NC(=O)CCC(=O)O)C(=O)O. The van der Waals surface area contributed by atoms with Crippen LogP contribution < -0.4 is 44.2 Å². The highest BCUT2D eigenvalue weighted by Crippen LogP contribution is 2.07. The van der Waals surface area contributed by atoms with E-state index in [-0.39, 0.29) is 38.5 Å². The second-order valence-electron chi connectivity index (χ2n) is 13.3. The summed E-state index contributed by atoms with van der Waals surface area (Å²) in [5, 5.41) is 61.9. The molecule has 0 rings (SSSR count). The molecule has 0 bridgehead atoms. The van der Waals surface area contributed by atoms with Gasteiger partial charge < -0.3 is 74.8 Å². The molecule has 0 aromatic rings. The highest BCUT2D eigenvalue weighted by atomic mass is 16.4. The number of carboxylic acid groups (broad SMARTS) is 6. The smallest absolute Gasteiger partial charge is 0.326 e. The minimum Gasteiger partial charge on any atom is -0.481 e. The van der Waals surface area contributed by atoms with Crippen molar-refractivity contribution in [2.24, 2.45) is 22.9 Å². The molecule has 0 radical (unpaired) electrons. The Morgan fingerprint density at radius 2 is 0.617 bits per heavy atom. The molecule has 0 fully saturated rings. The number of hydrogen-bond donors (Lipinski definition) is 14. The summed E-state index contributed by atoms with van der Waals surface area (Å²) >= 11 is 0. The van der Waals surface area contributed by atoms with Crippen molar-refractivity contribution < 1.29 is 78.6 Å². The Morgan fingerprint density at radius 1 is 0.333 bits per heavy atom. The zero-order valence-corrected chi connectivity index (χ0v) is 33.9. The van der Waals surface area contributed by atoms with Crippen LogP contribution in [0.5, 0.6) is 0 Å². The van der Waals surface area contributed by atoms with Crippen LogP contribution in [-0.2, 0) is 47.9 Å². The Kier molecular flexibility index (Phi) is 37.1. The van der Waals surface area contributed by atoms with Crippen molar-refractivity contribution >= 4 is 59.4 Å². The average molecular weight is 867 g/mol. The molecule has 0 aliphatic carbocycles. The van der Waals surface area contributed by atoms with Crippen molar-refractivity contribution in [2.45, 2.75) is 140 Å². The highest BCUT2D eigenvalue weighted by molar-refractivity contribution is 5.92. The zero-order chi connectivity index (χ0) is 46.5. The number of carboxylic acids is 6. The Bertz CT molecular complexity index is 1240. The van der Waals surface area contributed by atoms with E-state index >= 15 is 0 Å². The van der Waals surface area contributed by atoms with E-state index in [4.69, 9.17) is 53.6 Å². The van der Waals surface area contributed by atoms with Gasteiger partial charge in [-0.05, 0) is 90.4 Å². The molecule has 0 aliphatic heterocycles. The van der Waals surface area contributed by atoms with Crippen LogP contribution >= 0.6 is 0 Å².